The molecule has 0 saturated heterocycles. The highest BCUT2D eigenvalue weighted by Crippen LogP contribution is 2.32. The number of rotatable bonds is 4. The first kappa shape index (κ1) is 13.3. The molecule has 1 atom stereocenters. The smallest absolute Gasteiger partial charge is 0.345 e. The molecule has 0 saturated carbocycles. The van der Waals surface area contributed by atoms with Crippen molar-refractivity contribution < 1.29 is 15.0 Å². The summed E-state index contributed by atoms with van der Waals surface area (Å²) in [6.45, 7) is 1.94. The summed E-state index contributed by atoms with van der Waals surface area (Å²) < 4.78 is 0. The maximum Gasteiger partial charge on any atom is 0.345 e. The normalized spacial score (nSPS) is 13.8. The van der Waals surface area contributed by atoms with Crippen LogP contribution in [0.4, 0.5) is 0 Å². The molecule has 1 unspecified atom stereocenters. The minimum absolute atomic E-state index is 0.364. The molecular formula is C16H16O3. The predicted octanol–water partition coefficient (Wildman–Crippen LogP) is 2.57. The van der Waals surface area contributed by atoms with Crippen molar-refractivity contribution in [3.63, 3.8) is 0 Å². The lowest BCUT2D eigenvalue weighted by molar-refractivity contribution is -0.155. The second-order valence-corrected chi connectivity index (χ2v) is 4.39. The first-order chi connectivity index (χ1) is 9.10. The second kappa shape index (κ2) is 5.24. The van der Waals surface area contributed by atoms with E-state index in [0.717, 1.165) is 5.56 Å². The van der Waals surface area contributed by atoms with E-state index in [9.17, 15) is 15.0 Å². The van der Waals surface area contributed by atoms with E-state index >= 15 is 0 Å². The van der Waals surface area contributed by atoms with E-state index in [1.54, 1.807) is 42.5 Å². The van der Waals surface area contributed by atoms with E-state index in [0.29, 0.717) is 17.5 Å². The van der Waals surface area contributed by atoms with Gasteiger partial charge < -0.3 is 10.2 Å². The quantitative estimate of drug-likeness (QED) is 0.884. The fourth-order valence-corrected chi connectivity index (χ4v) is 2.26. The summed E-state index contributed by atoms with van der Waals surface area (Å²) in [5.74, 6) is -1.26. The molecule has 0 bridgehead atoms. The van der Waals surface area contributed by atoms with Gasteiger partial charge in [0, 0.05) is 5.56 Å². The molecule has 0 aromatic heterocycles. The number of benzene rings is 2. The molecule has 3 nitrogen and oxygen atoms in total. The van der Waals surface area contributed by atoms with Crippen molar-refractivity contribution in [1.82, 2.24) is 0 Å². The van der Waals surface area contributed by atoms with Crippen molar-refractivity contribution in [1.29, 1.82) is 0 Å². The standard InChI is InChI=1S/C16H16O3/c1-2-12-8-6-7-11-14(12)16(19,15(17)18)13-9-4-3-5-10-13/h3-11,19H,2H2,1H3,(H,17,18). The SMILES string of the molecule is CCc1ccccc1C(O)(C(=O)O)c1ccccc1. The van der Waals surface area contributed by atoms with Gasteiger partial charge in [-0.05, 0) is 17.5 Å². The summed E-state index contributed by atoms with van der Waals surface area (Å²) in [6.07, 6.45) is 0.665. The van der Waals surface area contributed by atoms with Crippen LogP contribution in [0.3, 0.4) is 0 Å². The van der Waals surface area contributed by atoms with Crippen molar-refractivity contribution in [2.75, 3.05) is 0 Å². The van der Waals surface area contributed by atoms with E-state index in [4.69, 9.17) is 0 Å². The minimum Gasteiger partial charge on any atom is -0.479 e. The highest BCUT2D eigenvalue weighted by atomic mass is 16.4. The Morgan fingerprint density at radius 3 is 2.21 bits per heavy atom. The third-order valence-electron chi connectivity index (χ3n) is 3.29. The fraction of sp³-hybridized carbons (Fsp3) is 0.188. The molecule has 3 heteroatoms. The van der Waals surface area contributed by atoms with Gasteiger partial charge in [-0.15, -0.1) is 0 Å². The number of aryl methyl sites for hydroxylation is 1. The second-order valence-electron chi connectivity index (χ2n) is 4.39. The van der Waals surface area contributed by atoms with E-state index < -0.39 is 11.6 Å². The molecule has 2 aromatic rings. The summed E-state index contributed by atoms with van der Waals surface area (Å²) in [5.41, 5.74) is -0.385. The molecule has 0 spiro atoms. The van der Waals surface area contributed by atoms with Crippen molar-refractivity contribution in [3.8, 4) is 0 Å². The molecular weight excluding hydrogens is 240 g/mol. The Hall–Kier alpha value is -2.13. The Morgan fingerprint density at radius 2 is 1.63 bits per heavy atom. The van der Waals surface area contributed by atoms with Crippen LogP contribution >= 0.6 is 0 Å². The Balaban J connectivity index is 2.67. The fourth-order valence-electron chi connectivity index (χ4n) is 2.26. The third kappa shape index (κ3) is 2.25. The zero-order valence-corrected chi connectivity index (χ0v) is 10.7. The van der Waals surface area contributed by atoms with Crippen LogP contribution in [0, 0.1) is 0 Å². The molecule has 0 aliphatic heterocycles. The van der Waals surface area contributed by atoms with Crippen LogP contribution in [0.1, 0.15) is 23.6 Å². The van der Waals surface area contributed by atoms with E-state index in [2.05, 4.69) is 0 Å². The van der Waals surface area contributed by atoms with Crippen LogP contribution in [0.5, 0.6) is 0 Å². The molecule has 2 N–H and O–H groups in total. The zero-order valence-electron chi connectivity index (χ0n) is 10.7. The Labute approximate surface area is 112 Å². The lowest BCUT2D eigenvalue weighted by atomic mass is 9.83. The molecule has 0 heterocycles. The van der Waals surface area contributed by atoms with Gasteiger partial charge in [-0.25, -0.2) is 4.79 Å². The Kier molecular flexibility index (Phi) is 3.67. The lowest BCUT2D eigenvalue weighted by Gasteiger charge is -2.26. The van der Waals surface area contributed by atoms with Gasteiger partial charge in [0.05, 0.1) is 0 Å². The van der Waals surface area contributed by atoms with Crippen LogP contribution in [0.25, 0.3) is 0 Å². The van der Waals surface area contributed by atoms with Crippen LogP contribution in [0.15, 0.2) is 54.6 Å². The number of aliphatic hydroxyl groups is 1. The monoisotopic (exact) mass is 256 g/mol. The number of carboxylic acids is 1. The van der Waals surface area contributed by atoms with Crippen molar-refractivity contribution in [3.05, 3.63) is 71.3 Å². The summed E-state index contributed by atoms with van der Waals surface area (Å²) in [6, 6.07) is 15.6. The predicted molar refractivity (Wildman–Crippen MR) is 72.9 cm³/mol. The molecule has 19 heavy (non-hydrogen) atoms. The minimum atomic E-state index is -2.01. The van der Waals surface area contributed by atoms with E-state index in [1.807, 2.05) is 19.1 Å². The largest absolute Gasteiger partial charge is 0.479 e. The summed E-state index contributed by atoms with van der Waals surface area (Å²) >= 11 is 0. The molecule has 0 amide bonds. The first-order valence-electron chi connectivity index (χ1n) is 6.20. The maximum absolute atomic E-state index is 11.6. The van der Waals surface area contributed by atoms with Gasteiger partial charge in [0.25, 0.3) is 0 Å². The van der Waals surface area contributed by atoms with Gasteiger partial charge in [0.15, 0.2) is 0 Å². The molecule has 2 rings (SSSR count). The van der Waals surface area contributed by atoms with E-state index in [-0.39, 0.29) is 0 Å². The van der Waals surface area contributed by atoms with Gasteiger partial charge in [-0.3, -0.25) is 0 Å². The Bertz CT molecular complexity index is 578. The molecule has 98 valence electrons. The maximum atomic E-state index is 11.6. The first-order valence-corrected chi connectivity index (χ1v) is 6.20. The van der Waals surface area contributed by atoms with Crippen molar-refractivity contribution in [2.24, 2.45) is 0 Å². The van der Waals surface area contributed by atoms with Crippen LogP contribution in [-0.4, -0.2) is 16.2 Å². The number of hydrogen-bond acceptors (Lipinski definition) is 2. The third-order valence-corrected chi connectivity index (χ3v) is 3.29. The van der Waals surface area contributed by atoms with Gasteiger partial charge >= 0.3 is 5.97 Å². The lowest BCUT2D eigenvalue weighted by Crippen LogP contribution is -2.37. The summed E-state index contributed by atoms with van der Waals surface area (Å²) in [5, 5.41) is 20.3. The summed E-state index contributed by atoms with van der Waals surface area (Å²) in [4.78, 5) is 11.6. The number of aliphatic carboxylic acids is 1. The number of carboxylic acid groups (broad SMARTS) is 1. The topological polar surface area (TPSA) is 57.5 Å². The highest BCUT2D eigenvalue weighted by molar-refractivity contribution is 5.84. The van der Waals surface area contributed by atoms with Gasteiger partial charge in [-0.2, -0.15) is 0 Å². The molecule has 0 fully saturated rings. The van der Waals surface area contributed by atoms with Gasteiger partial charge in [0.1, 0.15) is 0 Å². The number of carbonyl (C=O) groups is 1. The summed E-state index contributed by atoms with van der Waals surface area (Å²) in [7, 11) is 0. The Morgan fingerprint density at radius 1 is 1.05 bits per heavy atom. The van der Waals surface area contributed by atoms with E-state index in [1.165, 1.54) is 0 Å². The number of hydrogen-bond donors (Lipinski definition) is 2. The highest BCUT2D eigenvalue weighted by Gasteiger charge is 2.41. The van der Waals surface area contributed by atoms with Crippen LogP contribution < -0.4 is 0 Å². The molecule has 0 aliphatic rings. The van der Waals surface area contributed by atoms with Crippen LogP contribution in [0.2, 0.25) is 0 Å². The van der Waals surface area contributed by atoms with Gasteiger partial charge in [-0.1, -0.05) is 61.5 Å². The molecule has 0 aliphatic carbocycles. The van der Waals surface area contributed by atoms with Gasteiger partial charge in [0.2, 0.25) is 5.60 Å². The van der Waals surface area contributed by atoms with Crippen molar-refractivity contribution in [2.45, 2.75) is 18.9 Å². The average Bonchev–Trinajstić information content (AvgIpc) is 2.47. The molecule has 0 radical (unpaired) electrons. The average molecular weight is 256 g/mol. The van der Waals surface area contributed by atoms with Crippen molar-refractivity contribution >= 4 is 5.97 Å². The zero-order chi connectivity index (χ0) is 13.9. The van der Waals surface area contributed by atoms with Crippen LogP contribution in [-0.2, 0) is 16.8 Å². The molecule has 2 aromatic carbocycles.